The highest BCUT2D eigenvalue weighted by Gasteiger charge is 2.29. The molecule has 5 rings (SSSR count). The molecule has 6 heteroatoms. The second kappa shape index (κ2) is 7.58. The molecule has 0 unspecified atom stereocenters. The van der Waals surface area contributed by atoms with E-state index >= 15 is 0 Å². The summed E-state index contributed by atoms with van der Waals surface area (Å²) in [5.41, 5.74) is 3.33. The Morgan fingerprint density at radius 3 is 2.89 bits per heavy atom. The van der Waals surface area contributed by atoms with Gasteiger partial charge in [-0.2, -0.15) is 0 Å². The molecule has 1 saturated heterocycles. The molecule has 4 nitrogen and oxygen atoms in total. The van der Waals surface area contributed by atoms with Crippen molar-refractivity contribution in [2.45, 2.75) is 45.2 Å². The summed E-state index contributed by atoms with van der Waals surface area (Å²) in [7, 11) is 0. The highest BCUT2D eigenvalue weighted by molar-refractivity contribution is 7.18. The van der Waals surface area contributed by atoms with Crippen LogP contribution in [0.25, 0.3) is 10.2 Å². The minimum absolute atomic E-state index is 0.172. The number of rotatable bonds is 3. The smallest absolute Gasteiger partial charge is 0.253 e. The maximum Gasteiger partial charge on any atom is 0.253 e. The highest BCUT2D eigenvalue weighted by atomic mass is 32.1. The molecule has 0 atom stereocenters. The van der Waals surface area contributed by atoms with Crippen molar-refractivity contribution in [3.63, 3.8) is 0 Å². The monoisotopic (exact) mass is 411 g/mol. The largest absolute Gasteiger partial charge is 0.339 e. The average molecular weight is 412 g/mol. The number of fused-ring (bicyclic) bond motifs is 2. The number of carbonyl (C=O) groups is 1. The number of nitrogens with zero attached hydrogens (tertiary/aromatic N) is 3. The topological polar surface area (TPSA) is 36.4 Å². The second-order valence-electron chi connectivity index (χ2n) is 7.76. The molecular weight excluding hydrogens is 386 g/mol. The van der Waals surface area contributed by atoms with Gasteiger partial charge in [-0.3, -0.25) is 9.69 Å². The van der Waals surface area contributed by atoms with E-state index in [0.717, 1.165) is 66.2 Å². The van der Waals surface area contributed by atoms with E-state index in [4.69, 9.17) is 0 Å². The normalized spacial score (nSPS) is 18.5. The van der Waals surface area contributed by atoms with Crippen LogP contribution in [0.4, 0.5) is 0 Å². The molecule has 28 heavy (non-hydrogen) atoms. The van der Waals surface area contributed by atoms with Gasteiger partial charge < -0.3 is 4.90 Å². The third-order valence-corrected chi connectivity index (χ3v) is 8.27. The van der Waals surface area contributed by atoms with E-state index in [1.807, 2.05) is 34.4 Å². The molecule has 1 fully saturated rings. The third kappa shape index (κ3) is 3.38. The number of piperidine rings is 1. The van der Waals surface area contributed by atoms with Gasteiger partial charge in [-0.25, -0.2) is 4.98 Å². The summed E-state index contributed by atoms with van der Waals surface area (Å²) in [4.78, 5) is 23.9. The lowest BCUT2D eigenvalue weighted by atomic mass is 9.99. The maximum atomic E-state index is 13.0. The number of aromatic nitrogens is 1. The fraction of sp³-hybridized carbons (Fsp3) is 0.455. The molecule has 0 spiro atoms. The van der Waals surface area contributed by atoms with Gasteiger partial charge >= 0.3 is 0 Å². The first-order valence-corrected chi connectivity index (χ1v) is 11.9. The van der Waals surface area contributed by atoms with Crippen molar-refractivity contribution >= 4 is 38.8 Å². The number of aryl methyl sites for hydroxylation is 1. The lowest BCUT2D eigenvalue weighted by Gasteiger charge is -2.40. The van der Waals surface area contributed by atoms with Crippen LogP contribution in [0.1, 0.15) is 45.6 Å². The van der Waals surface area contributed by atoms with Crippen LogP contribution in [0.5, 0.6) is 0 Å². The van der Waals surface area contributed by atoms with Gasteiger partial charge in [0.1, 0.15) is 0 Å². The van der Waals surface area contributed by atoms with Crippen LogP contribution < -0.4 is 0 Å². The van der Waals surface area contributed by atoms with E-state index in [-0.39, 0.29) is 5.91 Å². The molecule has 0 aliphatic carbocycles. The Hall–Kier alpha value is -1.76. The second-order valence-corrected chi connectivity index (χ2v) is 9.87. The third-order valence-electron chi connectivity index (χ3n) is 6.09. The van der Waals surface area contributed by atoms with Gasteiger partial charge in [0, 0.05) is 42.7 Å². The van der Waals surface area contributed by atoms with E-state index in [1.165, 1.54) is 12.0 Å². The molecule has 0 saturated carbocycles. The number of thiophene rings is 1. The van der Waals surface area contributed by atoms with Crippen LogP contribution in [0.2, 0.25) is 0 Å². The number of hydrogen-bond donors (Lipinski definition) is 0. The van der Waals surface area contributed by atoms with Crippen LogP contribution in [-0.4, -0.2) is 46.4 Å². The van der Waals surface area contributed by atoms with Crippen molar-refractivity contribution < 1.29 is 4.79 Å². The van der Waals surface area contributed by atoms with Crippen molar-refractivity contribution in [1.29, 1.82) is 0 Å². The van der Waals surface area contributed by atoms with Gasteiger partial charge in [0.15, 0.2) is 0 Å². The molecule has 0 N–H and O–H groups in total. The Bertz CT molecular complexity index is 1000. The molecular formula is C22H25N3OS2. The SMILES string of the molecule is CCc1nc2ccc(C(=O)N3CCC(N4CCc5sccc5C4)CC3)cc2s1. The van der Waals surface area contributed by atoms with E-state index in [1.54, 1.807) is 16.2 Å². The summed E-state index contributed by atoms with van der Waals surface area (Å²) < 4.78 is 1.12. The van der Waals surface area contributed by atoms with Gasteiger partial charge in [-0.05, 0) is 60.9 Å². The number of carbonyl (C=O) groups excluding carboxylic acids is 1. The van der Waals surface area contributed by atoms with Crippen LogP contribution in [0.15, 0.2) is 29.6 Å². The zero-order valence-electron chi connectivity index (χ0n) is 16.2. The summed E-state index contributed by atoms with van der Waals surface area (Å²) in [5, 5.41) is 3.36. The molecule has 1 aromatic carbocycles. The Balaban J connectivity index is 1.23. The van der Waals surface area contributed by atoms with Crippen molar-refractivity contribution in [3.8, 4) is 0 Å². The molecule has 0 bridgehead atoms. The van der Waals surface area contributed by atoms with Gasteiger partial charge in [0.25, 0.3) is 5.91 Å². The van der Waals surface area contributed by atoms with Crippen molar-refractivity contribution in [2.24, 2.45) is 0 Å². The fourth-order valence-electron chi connectivity index (χ4n) is 4.46. The average Bonchev–Trinajstić information content (AvgIpc) is 3.38. The van der Waals surface area contributed by atoms with Crippen LogP contribution >= 0.6 is 22.7 Å². The summed E-state index contributed by atoms with van der Waals surface area (Å²) in [6.45, 7) is 6.08. The van der Waals surface area contributed by atoms with Crippen LogP contribution in [-0.2, 0) is 19.4 Å². The lowest BCUT2D eigenvalue weighted by molar-refractivity contribution is 0.0600. The zero-order chi connectivity index (χ0) is 19.1. The number of thiazole rings is 1. The zero-order valence-corrected chi connectivity index (χ0v) is 17.8. The minimum Gasteiger partial charge on any atom is -0.339 e. The van der Waals surface area contributed by atoms with Crippen molar-refractivity contribution in [1.82, 2.24) is 14.8 Å². The predicted octanol–water partition coefficient (Wildman–Crippen LogP) is 4.58. The van der Waals surface area contributed by atoms with Gasteiger partial charge in [-0.15, -0.1) is 22.7 Å². The number of benzene rings is 1. The van der Waals surface area contributed by atoms with Crippen LogP contribution in [0.3, 0.4) is 0 Å². The fourth-order valence-corrected chi connectivity index (χ4v) is 6.29. The molecule has 2 aliphatic rings. The number of likely N-dealkylation sites (tertiary alicyclic amines) is 1. The molecule has 0 radical (unpaired) electrons. The Morgan fingerprint density at radius 2 is 2.07 bits per heavy atom. The Labute approximate surface area is 173 Å². The molecule has 146 valence electrons. The first-order valence-electron chi connectivity index (χ1n) is 10.2. The number of amides is 1. The Kier molecular flexibility index (Phi) is 4.95. The van der Waals surface area contributed by atoms with E-state index in [0.29, 0.717) is 6.04 Å². The van der Waals surface area contributed by atoms with E-state index in [9.17, 15) is 4.79 Å². The molecule has 2 aromatic heterocycles. The van der Waals surface area contributed by atoms with Gasteiger partial charge in [0.2, 0.25) is 0 Å². The van der Waals surface area contributed by atoms with E-state index < -0.39 is 0 Å². The molecule has 4 heterocycles. The molecule has 3 aromatic rings. The summed E-state index contributed by atoms with van der Waals surface area (Å²) in [5.74, 6) is 0.172. The highest BCUT2D eigenvalue weighted by Crippen LogP contribution is 2.29. The van der Waals surface area contributed by atoms with E-state index in [2.05, 4.69) is 28.3 Å². The molecule has 2 aliphatic heterocycles. The molecule has 1 amide bonds. The van der Waals surface area contributed by atoms with Crippen LogP contribution in [0, 0.1) is 0 Å². The predicted molar refractivity (Wildman–Crippen MR) is 116 cm³/mol. The Morgan fingerprint density at radius 1 is 1.21 bits per heavy atom. The van der Waals surface area contributed by atoms with Gasteiger partial charge in [-0.1, -0.05) is 6.92 Å². The summed E-state index contributed by atoms with van der Waals surface area (Å²) in [6.07, 6.45) is 4.28. The first kappa shape index (κ1) is 18.3. The standard InChI is InChI=1S/C22H25N3OS2/c1-2-21-23-18-4-3-15(13-20(18)28-21)22(26)24-9-5-17(6-10-24)25-11-7-19-16(14-25)8-12-27-19/h3-4,8,12-13,17H,2,5-7,9-11,14H2,1H3. The van der Waals surface area contributed by atoms with Crippen molar-refractivity contribution in [3.05, 3.63) is 50.7 Å². The summed E-state index contributed by atoms with van der Waals surface area (Å²) >= 11 is 3.60. The first-order chi connectivity index (χ1) is 13.7. The maximum absolute atomic E-state index is 13.0. The van der Waals surface area contributed by atoms with Gasteiger partial charge in [0.05, 0.1) is 15.2 Å². The van der Waals surface area contributed by atoms with Crippen molar-refractivity contribution in [2.75, 3.05) is 19.6 Å². The number of hydrogen-bond acceptors (Lipinski definition) is 5. The lowest BCUT2D eigenvalue weighted by Crippen LogP contribution is -2.47. The summed E-state index contributed by atoms with van der Waals surface area (Å²) in [6, 6.07) is 8.86. The minimum atomic E-state index is 0.172. The quantitative estimate of drug-likeness (QED) is 0.633.